The van der Waals surface area contributed by atoms with E-state index in [2.05, 4.69) is 48.4 Å². The Hall–Kier alpha value is -2.02. The van der Waals surface area contributed by atoms with Crippen molar-refractivity contribution < 1.29 is 23.1 Å². The van der Waals surface area contributed by atoms with E-state index in [0.29, 0.717) is 6.04 Å². The number of para-hydroxylation sites is 1. The van der Waals surface area contributed by atoms with Crippen LogP contribution in [-0.4, -0.2) is 28.8 Å². The number of hydrogen-bond donors (Lipinski definition) is 3. The van der Waals surface area contributed by atoms with Crippen LogP contribution in [0.3, 0.4) is 0 Å². The van der Waals surface area contributed by atoms with Gasteiger partial charge in [0.15, 0.2) is 0 Å². The summed E-state index contributed by atoms with van der Waals surface area (Å²) >= 11 is 0. The molecule has 3 rings (SSSR count). The van der Waals surface area contributed by atoms with Crippen LogP contribution in [0.2, 0.25) is 0 Å². The van der Waals surface area contributed by atoms with E-state index in [1.807, 2.05) is 0 Å². The number of aromatic amines is 1. The van der Waals surface area contributed by atoms with Crippen molar-refractivity contribution in [3.63, 3.8) is 0 Å². The van der Waals surface area contributed by atoms with Gasteiger partial charge >= 0.3 is 12.1 Å². The van der Waals surface area contributed by atoms with Crippen molar-refractivity contribution in [2.24, 2.45) is 5.92 Å². The molecule has 1 aliphatic heterocycles. The zero-order valence-corrected chi connectivity index (χ0v) is 13.6. The highest BCUT2D eigenvalue weighted by molar-refractivity contribution is 5.85. The van der Waals surface area contributed by atoms with Crippen LogP contribution in [-0.2, 0) is 11.2 Å². The number of halogens is 3. The van der Waals surface area contributed by atoms with Gasteiger partial charge in [-0.25, -0.2) is 4.79 Å². The molecule has 0 aliphatic carbocycles. The van der Waals surface area contributed by atoms with Gasteiger partial charge in [-0.3, -0.25) is 0 Å². The maximum absolute atomic E-state index is 10.6. The Labute approximate surface area is 138 Å². The minimum atomic E-state index is -5.08. The third-order valence-electron chi connectivity index (χ3n) is 3.91. The molecule has 132 valence electrons. The Morgan fingerprint density at radius 2 is 1.96 bits per heavy atom. The molecule has 1 atom stereocenters. The van der Waals surface area contributed by atoms with Crippen LogP contribution in [0.1, 0.15) is 37.6 Å². The molecule has 0 fully saturated rings. The number of alkyl halides is 3. The molecule has 0 spiro atoms. The SMILES string of the molecule is CC(C)CC1NCCc2c1[nH]c1ccccc21.O=C(O)C(F)(F)F. The molecule has 3 N–H and O–H groups in total. The lowest BCUT2D eigenvalue weighted by molar-refractivity contribution is -0.192. The highest BCUT2D eigenvalue weighted by atomic mass is 19.4. The van der Waals surface area contributed by atoms with Crippen LogP contribution in [0, 0.1) is 5.92 Å². The summed E-state index contributed by atoms with van der Waals surface area (Å²) in [6, 6.07) is 9.17. The first kappa shape index (κ1) is 18.3. The number of nitrogens with one attached hydrogen (secondary N) is 2. The van der Waals surface area contributed by atoms with Gasteiger partial charge in [-0.15, -0.1) is 0 Å². The number of aromatic nitrogens is 1. The third kappa shape index (κ3) is 4.29. The smallest absolute Gasteiger partial charge is 0.475 e. The van der Waals surface area contributed by atoms with E-state index in [-0.39, 0.29) is 0 Å². The van der Waals surface area contributed by atoms with Crippen LogP contribution in [0.4, 0.5) is 13.2 Å². The lowest BCUT2D eigenvalue weighted by Gasteiger charge is -2.25. The highest BCUT2D eigenvalue weighted by Crippen LogP contribution is 2.32. The average Bonchev–Trinajstić information content (AvgIpc) is 2.86. The van der Waals surface area contributed by atoms with E-state index >= 15 is 0 Å². The number of benzene rings is 1. The van der Waals surface area contributed by atoms with Gasteiger partial charge in [0.25, 0.3) is 0 Å². The number of fused-ring (bicyclic) bond motifs is 3. The zero-order valence-electron chi connectivity index (χ0n) is 13.6. The standard InChI is InChI=1S/C15H20N2.C2HF3O2/c1-10(2)9-14-15-12(7-8-16-14)11-5-3-4-6-13(11)17-15;3-2(4,5)1(6)7/h3-6,10,14,16-17H,7-9H2,1-2H3;(H,6,7). The fourth-order valence-electron chi connectivity index (χ4n) is 2.93. The molecule has 0 amide bonds. The number of hydrogen-bond acceptors (Lipinski definition) is 2. The maximum Gasteiger partial charge on any atom is 0.490 e. The van der Waals surface area contributed by atoms with E-state index in [1.165, 1.54) is 28.6 Å². The zero-order chi connectivity index (χ0) is 17.9. The van der Waals surface area contributed by atoms with Crippen molar-refractivity contribution in [2.45, 2.75) is 38.9 Å². The molecule has 1 aromatic heterocycles. The number of carbonyl (C=O) groups is 1. The van der Waals surface area contributed by atoms with Crippen LogP contribution in [0.25, 0.3) is 10.9 Å². The minimum Gasteiger partial charge on any atom is -0.475 e. The Bertz CT molecular complexity index is 707. The molecule has 2 aromatic rings. The monoisotopic (exact) mass is 342 g/mol. The van der Waals surface area contributed by atoms with Crippen molar-refractivity contribution in [3.05, 3.63) is 35.5 Å². The largest absolute Gasteiger partial charge is 0.490 e. The summed E-state index contributed by atoms with van der Waals surface area (Å²) in [5.41, 5.74) is 4.24. The summed E-state index contributed by atoms with van der Waals surface area (Å²) in [7, 11) is 0. The van der Waals surface area contributed by atoms with Crippen LogP contribution in [0.15, 0.2) is 24.3 Å². The predicted molar refractivity (Wildman–Crippen MR) is 85.9 cm³/mol. The first-order valence-electron chi connectivity index (χ1n) is 7.83. The minimum absolute atomic E-state index is 0.506. The molecule has 0 bridgehead atoms. The topological polar surface area (TPSA) is 65.1 Å². The van der Waals surface area contributed by atoms with Crippen molar-refractivity contribution in [1.82, 2.24) is 10.3 Å². The Balaban J connectivity index is 0.000000256. The van der Waals surface area contributed by atoms with Gasteiger partial charge in [-0.2, -0.15) is 13.2 Å². The molecule has 0 saturated heterocycles. The van der Waals surface area contributed by atoms with Crippen molar-refractivity contribution >= 4 is 16.9 Å². The van der Waals surface area contributed by atoms with Gasteiger partial charge in [-0.1, -0.05) is 32.0 Å². The van der Waals surface area contributed by atoms with Gasteiger partial charge in [0.1, 0.15) is 0 Å². The van der Waals surface area contributed by atoms with E-state index < -0.39 is 12.1 Å². The summed E-state index contributed by atoms with van der Waals surface area (Å²) < 4.78 is 31.7. The van der Waals surface area contributed by atoms with Gasteiger partial charge in [0.05, 0.1) is 0 Å². The molecular weight excluding hydrogens is 321 g/mol. The van der Waals surface area contributed by atoms with E-state index in [0.717, 1.165) is 18.9 Å². The van der Waals surface area contributed by atoms with Crippen LogP contribution < -0.4 is 5.32 Å². The summed E-state index contributed by atoms with van der Waals surface area (Å²) in [4.78, 5) is 12.5. The number of carboxylic acid groups (broad SMARTS) is 1. The maximum atomic E-state index is 10.6. The van der Waals surface area contributed by atoms with Crippen LogP contribution >= 0.6 is 0 Å². The molecule has 1 aromatic carbocycles. The van der Waals surface area contributed by atoms with E-state index in [1.54, 1.807) is 0 Å². The lowest BCUT2D eigenvalue weighted by Crippen LogP contribution is -2.30. The molecule has 0 saturated carbocycles. The summed E-state index contributed by atoms with van der Waals surface area (Å²) in [5, 5.41) is 12.2. The second kappa shape index (κ2) is 7.25. The number of aliphatic carboxylic acids is 1. The average molecular weight is 342 g/mol. The molecule has 24 heavy (non-hydrogen) atoms. The van der Waals surface area contributed by atoms with E-state index in [9.17, 15) is 13.2 Å². The Morgan fingerprint density at radius 1 is 1.33 bits per heavy atom. The Morgan fingerprint density at radius 3 is 2.54 bits per heavy atom. The van der Waals surface area contributed by atoms with E-state index in [4.69, 9.17) is 9.90 Å². The predicted octanol–water partition coefficient (Wildman–Crippen LogP) is 4.03. The fraction of sp³-hybridized carbons (Fsp3) is 0.471. The van der Waals surface area contributed by atoms with Crippen molar-refractivity contribution in [2.75, 3.05) is 6.54 Å². The second-order valence-corrected chi connectivity index (χ2v) is 6.25. The molecule has 1 aliphatic rings. The molecule has 1 unspecified atom stereocenters. The van der Waals surface area contributed by atoms with Crippen LogP contribution in [0.5, 0.6) is 0 Å². The molecule has 4 nitrogen and oxygen atoms in total. The normalized spacial score (nSPS) is 17.3. The number of rotatable bonds is 2. The molecule has 7 heteroatoms. The van der Waals surface area contributed by atoms with Gasteiger partial charge in [0.2, 0.25) is 0 Å². The van der Waals surface area contributed by atoms with Gasteiger partial charge < -0.3 is 15.4 Å². The van der Waals surface area contributed by atoms with Crippen molar-refractivity contribution in [3.8, 4) is 0 Å². The first-order chi connectivity index (χ1) is 11.2. The Kier molecular flexibility index (Phi) is 5.54. The molecular formula is C17H21F3N2O2. The van der Waals surface area contributed by atoms with Gasteiger partial charge in [-0.05, 0) is 36.9 Å². The number of carboxylic acids is 1. The molecule has 0 radical (unpaired) electrons. The van der Waals surface area contributed by atoms with Gasteiger partial charge in [0, 0.05) is 22.6 Å². The highest BCUT2D eigenvalue weighted by Gasteiger charge is 2.38. The summed E-state index contributed by atoms with van der Waals surface area (Å²) in [6.07, 6.45) is -2.73. The first-order valence-corrected chi connectivity index (χ1v) is 7.83. The van der Waals surface area contributed by atoms with Crippen molar-refractivity contribution in [1.29, 1.82) is 0 Å². The second-order valence-electron chi connectivity index (χ2n) is 6.25. The lowest BCUT2D eigenvalue weighted by atomic mass is 9.93. The fourth-order valence-corrected chi connectivity index (χ4v) is 2.93. The summed E-state index contributed by atoms with van der Waals surface area (Å²) in [5.74, 6) is -2.03. The number of H-pyrrole nitrogens is 1. The quantitative estimate of drug-likeness (QED) is 0.772. The molecule has 2 heterocycles. The third-order valence-corrected chi connectivity index (χ3v) is 3.91. The summed E-state index contributed by atoms with van der Waals surface area (Å²) in [6.45, 7) is 5.68.